The van der Waals surface area contributed by atoms with Crippen molar-refractivity contribution in [3.63, 3.8) is 0 Å². The van der Waals surface area contributed by atoms with Crippen LogP contribution in [0.1, 0.15) is 29.2 Å². The Morgan fingerprint density at radius 2 is 1.74 bits per heavy atom. The van der Waals surface area contributed by atoms with Crippen LogP contribution >= 0.6 is 11.8 Å². The number of nitrogens with zero attached hydrogens (tertiary/aromatic N) is 3. The Bertz CT molecular complexity index is 903. The van der Waals surface area contributed by atoms with Gasteiger partial charge in [-0.1, -0.05) is 48.0 Å². The summed E-state index contributed by atoms with van der Waals surface area (Å²) in [4.78, 5) is 15.0. The van der Waals surface area contributed by atoms with E-state index in [0.717, 1.165) is 37.1 Å². The van der Waals surface area contributed by atoms with E-state index in [4.69, 9.17) is 4.42 Å². The first-order valence-electron chi connectivity index (χ1n) is 9.11. The van der Waals surface area contributed by atoms with Crippen LogP contribution in [0.2, 0.25) is 0 Å². The highest BCUT2D eigenvalue weighted by Gasteiger charge is 2.30. The number of carbonyl (C=O) groups excluding carboxylic acids is 1. The molecule has 1 fully saturated rings. The molecule has 0 radical (unpaired) electrons. The van der Waals surface area contributed by atoms with Gasteiger partial charge in [-0.15, -0.1) is 10.2 Å². The van der Waals surface area contributed by atoms with Gasteiger partial charge in [-0.2, -0.15) is 0 Å². The number of benzene rings is 2. The molecule has 1 aliphatic rings. The normalized spacial score (nSPS) is 15.1. The molecular formula is C21H21N3O2S. The summed E-state index contributed by atoms with van der Waals surface area (Å²) in [5.41, 5.74) is 3.00. The van der Waals surface area contributed by atoms with Crippen molar-refractivity contribution in [1.82, 2.24) is 15.1 Å². The molecule has 0 saturated carbocycles. The molecule has 2 aromatic carbocycles. The van der Waals surface area contributed by atoms with Gasteiger partial charge in [-0.25, -0.2) is 0 Å². The Morgan fingerprint density at radius 3 is 2.44 bits per heavy atom. The highest BCUT2D eigenvalue weighted by atomic mass is 32.2. The number of likely N-dealkylation sites (tertiary alicyclic amines) is 1. The number of rotatable bonds is 5. The Labute approximate surface area is 162 Å². The minimum absolute atomic E-state index is 0.110. The maximum Gasteiger partial charge on any atom is 0.277 e. The van der Waals surface area contributed by atoms with Crippen molar-refractivity contribution in [3.05, 3.63) is 65.7 Å². The summed E-state index contributed by atoms with van der Waals surface area (Å²) < 4.78 is 5.84. The molecule has 0 spiro atoms. The second kappa shape index (κ2) is 7.96. The molecule has 6 heteroatoms. The average molecular weight is 379 g/mol. The quantitative estimate of drug-likeness (QED) is 0.611. The van der Waals surface area contributed by atoms with E-state index in [1.807, 2.05) is 66.4 Å². The molecule has 0 aliphatic carbocycles. The Balaban J connectivity index is 1.58. The lowest BCUT2D eigenvalue weighted by atomic mass is 10.1. The molecule has 5 nitrogen and oxygen atoms in total. The molecule has 3 aromatic rings. The van der Waals surface area contributed by atoms with Gasteiger partial charge in [0.25, 0.3) is 5.22 Å². The van der Waals surface area contributed by atoms with Crippen LogP contribution < -0.4 is 0 Å². The molecule has 1 atom stereocenters. The van der Waals surface area contributed by atoms with Crippen LogP contribution in [0.25, 0.3) is 11.5 Å². The fraction of sp³-hybridized carbons (Fsp3) is 0.286. The Kier molecular flexibility index (Phi) is 5.25. The van der Waals surface area contributed by atoms with Gasteiger partial charge in [0.2, 0.25) is 11.8 Å². The summed E-state index contributed by atoms with van der Waals surface area (Å²) >= 11 is 1.32. The van der Waals surface area contributed by atoms with Crippen LogP contribution in [0.15, 0.2) is 64.2 Å². The lowest BCUT2D eigenvalue weighted by molar-refractivity contribution is -0.129. The zero-order valence-electron chi connectivity index (χ0n) is 15.2. The third-order valence-electron chi connectivity index (χ3n) is 4.67. The van der Waals surface area contributed by atoms with Gasteiger partial charge in [0.05, 0.1) is 0 Å². The summed E-state index contributed by atoms with van der Waals surface area (Å²) in [5, 5.41) is 8.35. The second-order valence-corrected chi connectivity index (χ2v) is 7.74. The molecular weight excluding hydrogens is 358 g/mol. The van der Waals surface area contributed by atoms with Crippen molar-refractivity contribution >= 4 is 17.7 Å². The fourth-order valence-electron chi connectivity index (χ4n) is 3.16. The first kappa shape index (κ1) is 17.8. The zero-order valence-corrected chi connectivity index (χ0v) is 16.0. The lowest BCUT2D eigenvalue weighted by Crippen LogP contribution is -2.31. The molecule has 0 N–H and O–H groups in total. The third kappa shape index (κ3) is 4.06. The van der Waals surface area contributed by atoms with E-state index < -0.39 is 0 Å². The highest BCUT2D eigenvalue weighted by molar-refractivity contribution is 8.00. The number of hydrogen-bond donors (Lipinski definition) is 0. The zero-order chi connectivity index (χ0) is 18.6. The first-order valence-corrected chi connectivity index (χ1v) is 9.99. The number of aryl methyl sites for hydroxylation is 1. The smallest absolute Gasteiger partial charge is 0.277 e. The highest BCUT2D eigenvalue weighted by Crippen LogP contribution is 2.37. The molecule has 27 heavy (non-hydrogen) atoms. The van der Waals surface area contributed by atoms with Gasteiger partial charge < -0.3 is 9.32 Å². The summed E-state index contributed by atoms with van der Waals surface area (Å²) in [5.74, 6) is 0.580. The van der Waals surface area contributed by atoms with E-state index in [2.05, 4.69) is 10.2 Å². The lowest BCUT2D eigenvalue weighted by Gasteiger charge is -2.22. The van der Waals surface area contributed by atoms with Crippen molar-refractivity contribution in [3.8, 4) is 11.5 Å². The minimum atomic E-state index is -0.379. The van der Waals surface area contributed by atoms with Crippen molar-refractivity contribution < 1.29 is 9.21 Å². The topological polar surface area (TPSA) is 59.2 Å². The predicted molar refractivity (Wildman–Crippen MR) is 105 cm³/mol. The molecule has 0 unspecified atom stereocenters. The van der Waals surface area contributed by atoms with Gasteiger partial charge in [-0.3, -0.25) is 4.79 Å². The van der Waals surface area contributed by atoms with Crippen LogP contribution in [0.3, 0.4) is 0 Å². The Morgan fingerprint density at radius 1 is 1.04 bits per heavy atom. The number of thioether (sulfide) groups is 1. The number of hydrogen-bond acceptors (Lipinski definition) is 5. The summed E-state index contributed by atoms with van der Waals surface area (Å²) in [6.07, 6.45) is 2.13. The molecule has 4 rings (SSSR count). The van der Waals surface area contributed by atoms with E-state index in [-0.39, 0.29) is 11.2 Å². The van der Waals surface area contributed by atoms with Crippen molar-refractivity contribution in [2.24, 2.45) is 0 Å². The molecule has 1 aromatic heterocycles. The summed E-state index contributed by atoms with van der Waals surface area (Å²) in [6.45, 7) is 3.68. The van der Waals surface area contributed by atoms with E-state index in [9.17, 15) is 4.79 Å². The number of aromatic nitrogens is 2. The number of amides is 1. The maximum atomic E-state index is 13.1. The Hall–Kier alpha value is -2.60. The van der Waals surface area contributed by atoms with Crippen molar-refractivity contribution in [1.29, 1.82) is 0 Å². The van der Waals surface area contributed by atoms with E-state index in [0.29, 0.717) is 11.1 Å². The van der Waals surface area contributed by atoms with Gasteiger partial charge >= 0.3 is 0 Å². The molecule has 0 bridgehead atoms. The molecule has 1 aliphatic heterocycles. The first-order chi connectivity index (χ1) is 13.2. The summed E-state index contributed by atoms with van der Waals surface area (Å²) in [7, 11) is 0. The molecule has 138 valence electrons. The van der Waals surface area contributed by atoms with E-state index in [1.54, 1.807) is 0 Å². The molecule has 2 heterocycles. The fourth-order valence-corrected chi connectivity index (χ4v) is 4.12. The van der Waals surface area contributed by atoms with Crippen LogP contribution in [0, 0.1) is 6.92 Å². The van der Waals surface area contributed by atoms with Gasteiger partial charge in [0, 0.05) is 18.7 Å². The largest absolute Gasteiger partial charge is 0.411 e. The van der Waals surface area contributed by atoms with Gasteiger partial charge in [0.15, 0.2) is 0 Å². The third-order valence-corrected chi connectivity index (χ3v) is 5.74. The van der Waals surface area contributed by atoms with E-state index >= 15 is 0 Å². The van der Waals surface area contributed by atoms with E-state index in [1.165, 1.54) is 17.3 Å². The SMILES string of the molecule is Cc1ccc(-c2nnc(S[C@@H](C(=O)N3CCCC3)c3ccccc3)o2)cc1. The van der Waals surface area contributed by atoms with Crippen molar-refractivity contribution in [2.45, 2.75) is 30.2 Å². The van der Waals surface area contributed by atoms with Crippen LogP contribution in [0.5, 0.6) is 0 Å². The summed E-state index contributed by atoms with van der Waals surface area (Å²) in [6, 6.07) is 17.7. The van der Waals surface area contributed by atoms with Crippen LogP contribution in [0.4, 0.5) is 0 Å². The average Bonchev–Trinajstić information content (AvgIpc) is 3.39. The molecule has 1 amide bonds. The monoisotopic (exact) mass is 379 g/mol. The van der Waals surface area contributed by atoms with Crippen LogP contribution in [-0.4, -0.2) is 34.1 Å². The predicted octanol–water partition coefficient (Wildman–Crippen LogP) is 4.50. The van der Waals surface area contributed by atoms with Gasteiger partial charge in [-0.05, 0) is 49.2 Å². The molecule has 1 saturated heterocycles. The van der Waals surface area contributed by atoms with Crippen molar-refractivity contribution in [2.75, 3.05) is 13.1 Å². The second-order valence-electron chi connectivity index (χ2n) is 6.68. The standard InChI is InChI=1S/C21H21N3O2S/c1-15-9-11-17(12-10-15)19-22-23-21(26-19)27-18(16-7-3-2-4-8-16)20(25)24-13-5-6-14-24/h2-4,7-12,18H,5-6,13-14H2,1H3/t18-/m1/s1. The minimum Gasteiger partial charge on any atom is -0.411 e. The number of carbonyl (C=O) groups is 1. The maximum absolute atomic E-state index is 13.1. The van der Waals surface area contributed by atoms with Gasteiger partial charge in [0.1, 0.15) is 5.25 Å². The van der Waals surface area contributed by atoms with Crippen LogP contribution in [-0.2, 0) is 4.79 Å².